The van der Waals surface area contributed by atoms with Crippen molar-refractivity contribution in [1.29, 1.82) is 0 Å². The molecule has 0 spiro atoms. The van der Waals surface area contributed by atoms with E-state index in [0.717, 1.165) is 6.54 Å². The van der Waals surface area contributed by atoms with Gasteiger partial charge in [-0.05, 0) is 20.4 Å². The molecule has 1 amide bonds. The zero-order chi connectivity index (χ0) is 12.7. The summed E-state index contributed by atoms with van der Waals surface area (Å²) in [5.41, 5.74) is 0. The molecule has 0 aliphatic rings. The maximum atomic E-state index is 11.3. The highest BCUT2D eigenvalue weighted by atomic mass is 16.4. The quantitative estimate of drug-likeness (QED) is 0.628. The second-order valence-electron chi connectivity index (χ2n) is 3.86. The Morgan fingerprint density at radius 1 is 1.41 bits per heavy atom. The van der Waals surface area contributed by atoms with Gasteiger partial charge in [-0.3, -0.25) is 4.79 Å². The third kappa shape index (κ3) is 5.30. The molecule has 1 aromatic heterocycles. The molecular formula is C10H19N5O2. The fourth-order valence-electron chi connectivity index (χ4n) is 1.16. The van der Waals surface area contributed by atoms with Crippen molar-refractivity contribution in [3.05, 3.63) is 5.89 Å². The highest BCUT2D eigenvalue weighted by Crippen LogP contribution is 2.04. The Morgan fingerprint density at radius 2 is 2.18 bits per heavy atom. The molecule has 7 nitrogen and oxygen atoms in total. The van der Waals surface area contributed by atoms with Gasteiger partial charge in [-0.15, -0.1) is 5.10 Å². The first kappa shape index (κ1) is 13.4. The molecule has 0 saturated heterocycles. The van der Waals surface area contributed by atoms with Gasteiger partial charge in [0.2, 0.25) is 11.8 Å². The van der Waals surface area contributed by atoms with Crippen LogP contribution in [-0.4, -0.2) is 35.2 Å². The Balaban J connectivity index is 2.31. The molecule has 0 radical (unpaired) electrons. The fraction of sp³-hybridized carbons (Fsp3) is 0.700. The van der Waals surface area contributed by atoms with E-state index in [2.05, 4.69) is 26.1 Å². The van der Waals surface area contributed by atoms with Crippen molar-refractivity contribution in [2.45, 2.75) is 33.4 Å². The Morgan fingerprint density at radius 3 is 2.82 bits per heavy atom. The predicted molar refractivity (Wildman–Crippen MR) is 63.4 cm³/mol. The lowest BCUT2D eigenvalue weighted by molar-refractivity contribution is -0.119. The van der Waals surface area contributed by atoms with Crippen molar-refractivity contribution >= 4 is 11.9 Å². The zero-order valence-corrected chi connectivity index (χ0v) is 10.4. The second-order valence-corrected chi connectivity index (χ2v) is 3.86. The molecule has 3 N–H and O–H groups in total. The van der Waals surface area contributed by atoms with Crippen LogP contribution in [0.1, 0.15) is 26.7 Å². The van der Waals surface area contributed by atoms with E-state index in [1.807, 2.05) is 20.8 Å². The maximum absolute atomic E-state index is 11.3. The smallest absolute Gasteiger partial charge is 0.315 e. The number of carbonyl (C=O) groups is 1. The van der Waals surface area contributed by atoms with E-state index in [1.54, 1.807) is 0 Å². The van der Waals surface area contributed by atoms with Crippen LogP contribution >= 0.6 is 0 Å². The standard InChI is InChI=1S/C10H19N5O2/c1-4-11-6-9-14-15-10(17-9)12-5-8(16)13-7(2)3/h7,11H,4-6H2,1-3H3,(H,12,15)(H,13,16). The highest BCUT2D eigenvalue weighted by Gasteiger charge is 2.07. The van der Waals surface area contributed by atoms with Crippen molar-refractivity contribution < 1.29 is 9.21 Å². The number of aromatic nitrogens is 2. The van der Waals surface area contributed by atoms with Gasteiger partial charge in [0.15, 0.2) is 0 Å². The van der Waals surface area contributed by atoms with Crippen LogP contribution in [-0.2, 0) is 11.3 Å². The minimum atomic E-state index is -0.105. The number of nitrogens with zero attached hydrogens (tertiary/aromatic N) is 2. The molecule has 0 aliphatic carbocycles. The molecular weight excluding hydrogens is 222 g/mol. The fourth-order valence-corrected chi connectivity index (χ4v) is 1.16. The van der Waals surface area contributed by atoms with Crippen LogP contribution in [0.5, 0.6) is 0 Å². The van der Waals surface area contributed by atoms with Crippen molar-refractivity contribution in [3.8, 4) is 0 Å². The number of amides is 1. The lowest BCUT2D eigenvalue weighted by Crippen LogP contribution is -2.34. The van der Waals surface area contributed by atoms with Crippen molar-refractivity contribution in [1.82, 2.24) is 20.8 Å². The minimum Gasteiger partial charge on any atom is -0.407 e. The third-order valence-electron chi connectivity index (χ3n) is 1.84. The largest absolute Gasteiger partial charge is 0.407 e. The Labute approximate surface area is 100 Å². The first-order valence-corrected chi connectivity index (χ1v) is 5.68. The van der Waals surface area contributed by atoms with E-state index in [9.17, 15) is 4.79 Å². The summed E-state index contributed by atoms with van der Waals surface area (Å²) in [6.45, 7) is 7.29. The molecule has 0 aromatic carbocycles. The third-order valence-corrected chi connectivity index (χ3v) is 1.84. The molecule has 0 saturated carbocycles. The van der Waals surface area contributed by atoms with Gasteiger partial charge in [0, 0.05) is 6.04 Å². The van der Waals surface area contributed by atoms with E-state index >= 15 is 0 Å². The molecule has 1 aromatic rings. The van der Waals surface area contributed by atoms with Crippen LogP contribution in [0, 0.1) is 0 Å². The van der Waals surface area contributed by atoms with Gasteiger partial charge in [0.05, 0.1) is 13.1 Å². The van der Waals surface area contributed by atoms with Gasteiger partial charge in [-0.1, -0.05) is 12.0 Å². The summed E-state index contributed by atoms with van der Waals surface area (Å²) in [4.78, 5) is 11.3. The van der Waals surface area contributed by atoms with E-state index in [1.165, 1.54) is 0 Å². The summed E-state index contributed by atoms with van der Waals surface area (Å²) in [5.74, 6) is 0.394. The van der Waals surface area contributed by atoms with E-state index < -0.39 is 0 Å². The monoisotopic (exact) mass is 241 g/mol. The topological polar surface area (TPSA) is 92.1 Å². The molecule has 0 unspecified atom stereocenters. The molecule has 96 valence electrons. The molecule has 1 rings (SSSR count). The minimum absolute atomic E-state index is 0.105. The number of carbonyl (C=O) groups excluding carboxylic acids is 1. The van der Waals surface area contributed by atoms with Gasteiger partial charge in [-0.2, -0.15) is 0 Å². The molecule has 1 heterocycles. The molecule has 0 fully saturated rings. The second kappa shape index (κ2) is 6.85. The summed E-state index contributed by atoms with van der Waals surface area (Å²) in [5, 5.41) is 16.2. The molecule has 0 atom stereocenters. The van der Waals surface area contributed by atoms with Crippen LogP contribution in [0.2, 0.25) is 0 Å². The average Bonchev–Trinajstić information content (AvgIpc) is 2.70. The van der Waals surface area contributed by atoms with Crippen LogP contribution in [0.4, 0.5) is 6.01 Å². The normalized spacial score (nSPS) is 10.6. The average molecular weight is 241 g/mol. The maximum Gasteiger partial charge on any atom is 0.315 e. The molecule has 0 bridgehead atoms. The number of anilines is 1. The SMILES string of the molecule is CCNCc1nnc(NCC(=O)NC(C)C)o1. The zero-order valence-electron chi connectivity index (χ0n) is 10.4. The van der Waals surface area contributed by atoms with E-state index in [-0.39, 0.29) is 24.5 Å². The molecule has 0 aliphatic heterocycles. The van der Waals surface area contributed by atoms with E-state index in [0.29, 0.717) is 12.4 Å². The Hall–Kier alpha value is -1.63. The van der Waals surface area contributed by atoms with Gasteiger partial charge in [0.1, 0.15) is 0 Å². The predicted octanol–water partition coefficient (Wildman–Crippen LogP) is 0.116. The Kier molecular flexibility index (Phi) is 5.41. The molecule has 17 heavy (non-hydrogen) atoms. The first-order chi connectivity index (χ1) is 8.11. The summed E-state index contributed by atoms with van der Waals surface area (Å²) < 4.78 is 5.27. The number of rotatable bonds is 7. The number of hydrogen-bond donors (Lipinski definition) is 3. The van der Waals surface area contributed by atoms with Crippen LogP contribution in [0.25, 0.3) is 0 Å². The number of hydrogen-bond acceptors (Lipinski definition) is 6. The summed E-state index contributed by atoms with van der Waals surface area (Å²) in [7, 11) is 0. The summed E-state index contributed by atoms with van der Waals surface area (Å²) in [6.07, 6.45) is 0. The Bertz CT molecular complexity index is 350. The van der Waals surface area contributed by atoms with Gasteiger partial charge < -0.3 is 20.4 Å². The van der Waals surface area contributed by atoms with Crippen molar-refractivity contribution in [3.63, 3.8) is 0 Å². The summed E-state index contributed by atoms with van der Waals surface area (Å²) in [6, 6.07) is 0.383. The van der Waals surface area contributed by atoms with Crippen molar-refractivity contribution in [2.24, 2.45) is 0 Å². The van der Waals surface area contributed by atoms with Crippen LogP contribution < -0.4 is 16.0 Å². The van der Waals surface area contributed by atoms with Gasteiger partial charge in [-0.25, -0.2) is 0 Å². The van der Waals surface area contributed by atoms with Gasteiger partial charge >= 0.3 is 6.01 Å². The van der Waals surface area contributed by atoms with Crippen LogP contribution in [0.15, 0.2) is 4.42 Å². The molecule has 7 heteroatoms. The summed E-state index contributed by atoms with van der Waals surface area (Å²) >= 11 is 0. The highest BCUT2D eigenvalue weighted by molar-refractivity contribution is 5.80. The van der Waals surface area contributed by atoms with Crippen LogP contribution in [0.3, 0.4) is 0 Å². The van der Waals surface area contributed by atoms with Gasteiger partial charge in [0.25, 0.3) is 0 Å². The lowest BCUT2D eigenvalue weighted by atomic mass is 10.4. The van der Waals surface area contributed by atoms with Crippen molar-refractivity contribution in [2.75, 3.05) is 18.4 Å². The number of nitrogens with one attached hydrogen (secondary N) is 3. The van der Waals surface area contributed by atoms with E-state index in [4.69, 9.17) is 4.42 Å². The lowest BCUT2D eigenvalue weighted by Gasteiger charge is -2.07. The first-order valence-electron chi connectivity index (χ1n) is 5.68.